The molecule has 0 fully saturated rings. The van der Waals surface area contributed by atoms with Gasteiger partial charge < -0.3 is 10.1 Å². The highest BCUT2D eigenvalue weighted by atomic mass is 35.5. The second-order valence-corrected chi connectivity index (χ2v) is 6.11. The molecule has 4 rings (SSSR count). The SMILES string of the molecule is CC(=O)Nc1ccc(-c2ccccc2)c(Oc2ccc3nnc(Cl)n3n2)c1. The number of hydrogen-bond donors (Lipinski definition) is 1. The maximum Gasteiger partial charge on any atom is 0.246 e. The number of rotatable bonds is 4. The minimum Gasteiger partial charge on any atom is -0.437 e. The Labute approximate surface area is 159 Å². The van der Waals surface area contributed by atoms with Crippen LogP contribution in [0.1, 0.15) is 6.92 Å². The van der Waals surface area contributed by atoms with Gasteiger partial charge in [-0.2, -0.15) is 4.52 Å². The highest BCUT2D eigenvalue weighted by molar-refractivity contribution is 6.28. The molecule has 7 nitrogen and oxygen atoms in total. The van der Waals surface area contributed by atoms with E-state index in [1.807, 2.05) is 42.5 Å². The molecule has 1 amide bonds. The lowest BCUT2D eigenvalue weighted by Gasteiger charge is -2.13. The lowest BCUT2D eigenvalue weighted by molar-refractivity contribution is -0.114. The number of nitrogens with one attached hydrogen (secondary N) is 1. The van der Waals surface area contributed by atoms with Crippen LogP contribution in [0.3, 0.4) is 0 Å². The molecule has 2 aromatic heterocycles. The molecule has 27 heavy (non-hydrogen) atoms. The molecule has 0 saturated carbocycles. The predicted octanol–water partition coefficient (Wildman–Crippen LogP) is 4.20. The summed E-state index contributed by atoms with van der Waals surface area (Å²) in [6, 6.07) is 18.7. The standard InChI is InChI=1S/C19H14ClN5O2/c1-12(26)21-14-7-8-15(13-5-3-2-4-6-13)16(11-14)27-18-10-9-17-22-23-19(20)25(17)24-18/h2-11H,1H3,(H,21,26). The van der Waals surface area contributed by atoms with Crippen LogP contribution in [-0.4, -0.2) is 25.7 Å². The van der Waals surface area contributed by atoms with Crippen LogP contribution < -0.4 is 10.1 Å². The van der Waals surface area contributed by atoms with Crippen molar-refractivity contribution in [3.8, 4) is 22.8 Å². The Morgan fingerprint density at radius 2 is 1.89 bits per heavy atom. The van der Waals surface area contributed by atoms with Crippen molar-refractivity contribution in [2.75, 3.05) is 5.32 Å². The molecule has 134 valence electrons. The molecule has 4 aromatic rings. The van der Waals surface area contributed by atoms with E-state index in [-0.39, 0.29) is 11.2 Å². The maximum atomic E-state index is 11.4. The van der Waals surface area contributed by atoms with Crippen molar-refractivity contribution in [3.63, 3.8) is 0 Å². The molecular formula is C19H14ClN5O2. The monoisotopic (exact) mass is 379 g/mol. The molecule has 2 heterocycles. The summed E-state index contributed by atoms with van der Waals surface area (Å²) in [7, 11) is 0. The second-order valence-electron chi connectivity index (χ2n) is 5.77. The molecule has 0 aliphatic carbocycles. The Bertz CT molecular complexity index is 1130. The van der Waals surface area contributed by atoms with Crippen molar-refractivity contribution in [2.24, 2.45) is 0 Å². The molecule has 0 saturated heterocycles. The maximum absolute atomic E-state index is 11.4. The summed E-state index contributed by atoms with van der Waals surface area (Å²) in [6.45, 7) is 1.45. The van der Waals surface area contributed by atoms with E-state index >= 15 is 0 Å². The fourth-order valence-electron chi connectivity index (χ4n) is 2.66. The predicted molar refractivity (Wildman–Crippen MR) is 102 cm³/mol. The number of fused-ring (bicyclic) bond motifs is 1. The Kier molecular flexibility index (Phi) is 4.43. The number of ether oxygens (including phenoxy) is 1. The Morgan fingerprint density at radius 1 is 1.07 bits per heavy atom. The zero-order valence-corrected chi connectivity index (χ0v) is 15.0. The number of carbonyl (C=O) groups is 1. The van der Waals surface area contributed by atoms with E-state index in [4.69, 9.17) is 16.3 Å². The number of amides is 1. The summed E-state index contributed by atoms with van der Waals surface area (Å²) >= 11 is 5.98. The van der Waals surface area contributed by atoms with Crippen LogP contribution in [0.25, 0.3) is 16.8 Å². The van der Waals surface area contributed by atoms with Crippen molar-refractivity contribution < 1.29 is 9.53 Å². The van der Waals surface area contributed by atoms with Gasteiger partial charge in [0.05, 0.1) is 0 Å². The fourth-order valence-corrected chi connectivity index (χ4v) is 2.82. The summed E-state index contributed by atoms with van der Waals surface area (Å²) < 4.78 is 7.41. The number of hydrogen-bond acceptors (Lipinski definition) is 5. The lowest BCUT2D eigenvalue weighted by Crippen LogP contribution is -2.06. The Morgan fingerprint density at radius 3 is 2.67 bits per heavy atom. The van der Waals surface area contributed by atoms with Gasteiger partial charge in [-0.15, -0.1) is 15.3 Å². The first-order valence-electron chi connectivity index (χ1n) is 8.13. The average molecular weight is 380 g/mol. The van der Waals surface area contributed by atoms with E-state index in [2.05, 4.69) is 20.6 Å². The van der Waals surface area contributed by atoms with E-state index in [0.29, 0.717) is 23.0 Å². The van der Waals surface area contributed by atoms with Crippen molar-refractivity contribution >= 4 is 28.8 Å². The minimum atomic E-state index is -0.163. The van der Waals surface area contributed by atoms with Crippen molar-refractivity contribution in [2.45, 2.75) is 6.92 Å². The summed E-state index contributed by atoms with van der Waals surface area (Å²) in [4.78, 5) is 11.4. The van der Waals surface area contributed by atoms with Crippen molar-refractivity contribution in [1.82, 2.24) is 19.8 Å². The van der Waals surface area contributed by atoms with Crippen LogP contribution in [0.5, 0.6) is 11.6 Å². The number of nitrogens with zero attached hydrogens (tertiary/aromatic N) is 4. The summed E-state index contributed by atoms with van der Waals surface area (Å²) in [6.07, 6.45) is 0. The van der Waals surface area contributed by atoms with Crippen LogP contribution in [-0.2, 0) is 4.79 Å². The third-order valence-electron chi connectivity index (χ3n) is 3.80. The van der Waals surface area contributed by atoms with Crippen LogP contribution in [0, 0.1) is 0 Å². The second kappa shape index (κ2) is 7.05. The largest absolute Gasteiger partial charge is 0.437 e. The fraction of sp³-hybridized carbons (Fsp3) is 0.0526. The van der Waals surface area contributed by atoms with Crippen molar-refractivity contribution in [1.29, 1.82) is 0 Å². The molecule has 0 unspecified atom stereocenters. The van der Waals surface area contributed by atoms with E-state index in [0.717, 1.165) is 11.1 Å². The first-order valence-corrected chi connectivity index (χ1v) is 8.51. The first kappa shape index (κ1) is 17.0. The van der Waals surface area contributed by atoms with Gasteiger partial charge in [-0.1, -0.05) is 30.3 Å². The van der Waals surface area contributed by atoms with Crippen LogP contribution in [0.4, 0.5) is 5.69 Å². The van der Waals surface area contributed by atoms with Gasteiger partial charge >= 0.3 is 0 Å². The van der Waals surface area contributed by atoms with Gasteiger partial charge in [0, 0.05) is 30.3 Å². The van der Waals surface area contributed by atoms with E-state index in [1.165, 1.54) is 11.4 Å². The Hall–Kier alpha value is -3.45. The quantitative estimate of drug-likeness (QED) is 0.574. The molecule has 0 aliphatic heterocycles. The molecule has 0 bridgehead atoms. The highest BCUT2D eigenvalue weighted by Crippen LogP contribution is 2.35. The zero-order valence-electron chi connectivity index (χ0n) is 14.3. The van der Waals surface area contributed by atoms with E-state index in [9.17, 15) is 4.79 Å². The first-order chi connectivity index (χ1) is 13.1. The summed E-state index contributed by atoms with van der Waals surface area (Å²) in [5.74, 6) is 0.703. The molecule has 0 atom stereocenters. The van der Waals surface area contributed by atoms with Gasteiger partial charge in [-0.25, -0.2) is 0 Å². The average Bonchev–Trinajstić information content (AvgIpc) is 3.03. The third-order valence-corrected chi connectivity index (χ3v) is 4.04. The van der Waals surface area contributed by atoms with Gasteiger partial charge in [0.2, 0.25) is 17.1 Å². The van der Waals surface area contributed by atoms with Gasteiger partial charge in [-0.05, 0) is 35.4 Å². The van der Waals surface area contributed by atoms with Gasteiger partial charge in [-0.3, -0.25) is 4.79 Å². The number of anilines is 1. The molecule has 8 heteroatoms. The number of carbonyl (C=O) groups excluding carboxylic acids is 1. The summed E-state index contributed by atoms with van der Waals surface area (Å²) in [5.41, 5.74) is 2.98. The third kappa shape index (κ3) is 3.58. The normalized spacial score (nSPS) is 10.7. The molecule has 0 spiro atoms. The van der Waals surface area contributed by atoms with Crippen molar-refractivity contribution in [3.05, 3.63) is 65.9 Å². The molecule has 0 aliphatic rings. The minimum absolute atomic E-state index is 0.144. The van der Waals surface area contributed by atoms with Gasteiger partial charge in [0.15, 0.2) is 5.65 Å². The number of aromatic nitrogens is 4. The molecule has 1 N–H and O–H groups in total. The van der Waals surface area contributed by atoms with E-state index < -0.39 is 0 Å². The van der Waals surface area contributed by atoms with E-state index in [1.54, 1.807) is 18.2 Å². The van der Waals surface area contributed by atoms with Crippen LogP contribution >= 0.6 is 11.6 Å². The number of halogens is 1. The summed E-state index contributed by atoms with van der Waals surface area (Å²) in [5, 5.41) is 14.9. The van der Waals surface area contributed by atoms with Gasteiger partial charge in [0.25, 0.3) is 0 Å². The lowest BCUT2D eigenvalue weighted by atomic mass is 10.0. The number of benzene rings is 2. The Balaban J connectivity index is 1.77. The smallest absolute Gasteiger partial charge is 0.246 e. The zero-order chi connectivity index (χ0) is 18.8. The van der Waals surface area contributed by atoms with Crippen LogP contribution in [0.15, 0.2) is 60.7 Å². The molecule has 0 radical (unpaired) electrons. The van der Waals surface area contributed by atoms with Gasteiger partial charge in [0.1, 0.15) is 5.75 Å². The molecule has 2 aromatic carbocycles. The molecular weight excluding hydrogens is 366 g/mol. The topological polar surface area (TPSA) is 81.4 Å². The van der Waals surface area contributed by atoms with Crippen LogP contribution in [0.2, 0.25) is 5.28 Å². The highest BCUT2D eigenvalue weighted by Gasteiger charge is 2.12.